The van der Waals surface area contributed by atoms with Crippen LogP contribution in [0.5, 0.6) is 0 Å². The van der Waals surface area contributed by atoms with Crippen LogP contribution in [0.3, 0.4) is 0 Å². The van der Waals surface area contributed by atoms with Gasteiger partial charge in [0.2, 0.25) is 0 Å². The van der Waals surface area contributed by atoms with E-state index in [1.807, 2.05) is 0 Å². The number of hydrogen-bond acceptors (Lipinski definition) is 0. The summed E-state index contributed by atoms with van der Waals surface area (Å²) in [6, 6.07) is 0. The molecule has 0 aliphatic carbocycles. The van der Waals surface area contributed by atoms with E-state index < -0.39 is 0 Å². The van der Waals surface area contributed by atoms with E-state index in [2.05, 4.69) is 6.92 Å². The molecular weight excluding hydrogens is 320 g/mol. The van der Waals surface area contributed by atoms with Crippen LogP contribution in [0.2, 0.25) is 0 Å². The lowest BCUT2D eigenvalue weighted by Gasteiger charge is -2.04. The normalized spacial score (nSPS) is 11.3. The van der Waals surface area contributed by atoms with E-state index >= 15 is 0 Å². The van der Waals surface area contributed by atoms with Gasteiger partial charge in [-0.05, 0) is 6.42 Å². The Morgan fingerprint density at radius 1 is 0.320 bits per heavy atom. The van der Waals surface area contributed by atoms with Crippen molar-refractivity contribution in [1.82, 2.24) is 0 Å². The molecule has 0 aliphatic rings. The minimum atomic E-state index is 0.957. The second-order valence-corrected chi connectivity index (χ2v) is 8.54. The van der Waals surface area contributed by atoms with Crippen LogP contribution in [-0.2, 0) is 0 Å². The highest BCUT2D eigenvalue weighted by atomic mass is 32.1. The lowest BCUT2D eigenvalue weighted by Crippen LogP contribution is -1.84. The standard InChI is InChI=1S/C24H49S/c1-2-3-4-5-6-7-8-9-10-11-12-13-14-15-16-17-18-19-20-21-22-23-24-25/h2-24H2,1H3. The van der Waals surface area contributed by atoms with Crippen LogP contribution in [0.4, 0.5) is 0 Å². The summed E-state index contributed by atoms with van der Waals surface area (Å²) in [6.07, 6.45) is 31.9. The van der Waals surface area contributed by atoms with Crippen LogP contribution in [0, 0.1) is 0 Å². The zero-order valence-electron chi connectivity index (χ0n) is 17.7. The van der Waals surface area contributed by atoms with Crippen LogP contribution < -0.4 is 0 Å². The molecule has 0 rings (SSSR count). The van der Waals surface area contributed by atoms with Gasteiger partial charge in [0.05, 0.1) is 0 Å². The van der Waals surface area contributed by atoms with E-state index in [1.165, 1.54) is 141 Å². The Labute approximate surface area is 166 Å². The lowest BCUT2D eigenvalue weighted by atomic mass is 10.0. The van der Waals surface area contributed by atoms with Crippen LogP contribution in [0.25, 0.3) is 0 Å². The summed E-state index contributed by atoms with van der Waals surface area (Å²) < 4.78 is 0. The van der Waals surface area contributed by atoms with Crippen molar-refractivity contribution in [3.63, 3.8) is 0 Å². The largest absolute Gasteiger partial charge is 0.0942 e. The maximum atomic E-state index is 4.98. The van der Waals surface area contributed by atoms with E-state index in [1.54, 1.807) is 0 Å². The molecule has 0 nitrogen and oxygen atoms in total. The predicted molar refractivity (Wildman–Crippen MR) is 120 cm³/mol. The Morgan fingerprint density at radius 3 is 0.720 bits per heavy atom. The van der Waals surface area contributed by atoms with E-state index in [4.69, 9.17) is 12.6 Å². The molecular formula is C24H49S. The van der Waals surface area contributed by atoms with E-state index in [-0.39, 0.29) is 0 Å². The van der Waals surface area contributed by atoms with Gasteiger partial charge in [-0.3, -0.25) is 0 Å². The molecule has 25 heavy (non-hydrogen) atoms. The van der Waals surface area contributed by atoms with Gasteiger partial charge in [0.15, 0.2) is 0 Å². The van der Waals surface area contributed by atoms with E-state index in [9.17, 15) is 0 Å². The molecule has 1 radical (unpaired) electrons. The zero-order chi connectivity index (χ0) is 18.3. The van der Waals surface area contributed by atoms with Crippen molar-refractivity contribution in [2.75, 3.05) is 5.75 Å². The quantitative estimate of drug-likeness (QED) is 0.166. The summed E-state index contributed by atoms with van der Waals surface area (Å²) in [5.41, 5.74) is 0. The van der Waals surface area contributed by atoms with Gasteiger partial charge in [-0.1, -0.05) is 154 Å². The van der Waals surface area contributed by atoms with Gasteiger partial charge >= 0.3 is 0 Å². The fraction of sp³-hybridized carbons (Fsp3) is 1.00. The Morgan fingerprint density at radius 2 is 0.520 bits per heavy atom. The number of hydrogen-bond donors (Lipinski definition) is 0. The van der Waals surface area contributed by atoms with Crippen LogP contribution in [0.1, 0.15) is 148 Å². The molecule has 0 saturated heterocycles. The Balaban J connectivity index is 2.94. The number of rotatable bonds is 22. The Kier molecular flexibility index (Phi) is 24.7. The first-order valence-corrected chi connectivity index (χ1v) is 12.6. The van der Waals surface area contributed by atoms with Crippen molar-refractivity contribution < 1.29 is 0 Å². The average molecular weight is 370 g/mol. The fourth-order valence-corrected chi connectivity index (χ4v) is 3.91. The van der Waals surface area contributed by atoms with Gasteiger partial charge in [-0.15, -0.1) is 0 Å². The molecule has 0 atom stereocenters. The maximum Gasteiger partial charge on any atom is 0.00369 e. The summed E-state index contributed by atoms with van der Waals surface area (Å²) in [5.74, 6) is 0.957. The molecule has 0 heterocycles. The van der Waals surface area contributed by atoms with Crippen LogP contribution in [0.15, 0.2) is 0 Å². The SMILES string of the molecule is CCCCCCCCCCCCCCCCCCCCCCCC[S]. The fourth-order valence-electron chi connectivity index (χ4n) is 3.71. The summed E-state index contributed by atoms with van der Waals surface area (Å²) in [4.78, 5) is 0. The molecule has 0 amide bonds. The smallest absolute Gasteiger partial charge is 0.00369 e. The lowest BCUT2D eigenvalue weighted by molar-refractivity contribution is 0.520. The van der Waals surface area contributed by atoms with Crippen molar-refractivity contribution in [2.24, 2.45) is 0 Å². The molecule has 0 aromatic rings. The van der Waals surface area contributed by atoms with Crippen molar-refractivity contribution in [3.8, 4) is 0 Å². The molecule has 0 N–H and O–H groups in total. The van der Waals surface area contributed by atoms with Gasteiger partial charge in [0.1, 0.15) is 0 Å². The van der Waals surface area contributed by atoms with Crippen molar-refractivity contribution in [2.45, 2.75) is 148 Å². The molecule has 0 aliphatic heterocycles. The highest BCUT2D eigenvalue weighted by Crippen LogP contribution is 2.15. The molecule has 1 heteroatoms. The Hall–Kier alpha value is 0.350. The van der Waals surface area contributed by atoms with Crippen LogP contribution >= 0.6 is 12.6 Å². The molecule has 0 fully saturated rings. The zero-order valence-corrected chi connectivity index (χ0v) is 18.5. The van der Waals surface area contributed by atoms with Gasteiger partial charge in [0.25, 0.3) is 0 Å². The first kappa shape index (κ1) is 25.4. The summed E-state index contributed by atoms with van der Waals surface area (Å²) in [6.45, 7) is 2.30. The second-order valence-electron chi connectivity index (χ2n) is 8.13. The van der Waals surface area contributed by atoms with Gasteiger partial charge in [-0.25, -0.2) is 0 Å². The third-order valence-electron chi connectivity index (χ3n) is 5.50. The van der Waals surface area contributed by atoms with Crippen LogP contribution in [-0.4, -0.2) is 5.75 Å². The molecule has 151 valence electrons. The molecule has 0 unspecified atom stereocenters. The van der Waals surface area contributed by atoms with Gasteiger partial charge in [0, 0.05) is 5.75 Å². The third kappa shape index (κ3) is 24.4. The second kappa shape index (κ2) is 24.4. The molecule has 0 bridgehead atoms. The highest BCUT2D eigenvalue weighted by Gasteiger charge is 1.95. The summed E-state index contributed by atoms with van der Waals surface area (Å²) in [5, 5.41) is 0. The van der Waals surface area contributed by atoms with E-state index in [0.717, 1.165) is 5.75 Å². The van der Waals surface area contributed by atoms with Crippen molar-refractivity contribution >= 4 is 12.6 Å². The third-order valence-corrected chi connectivity index (χ3v) is 5.79. The molecule has 0 spiro atoms. The minimum Gasteiger partial charge on any atom is -0.0942 e. The highest BCUT2D eigenvalue weighted by molar-refractivity contribution is 7.80. The predicted octanol–water partition coefficient (Wildman–Crippen LogP) is 9.79. The van der Waals surface area contributed by atoms with E-state index in [0.29, 0.717) is 0 Å². The summed E-state index contributed by atoms with van der Waals surface area (Å²) in [7, 11) is 0. The monoisotopic (exact) mass is 369 g/mol. The maximum absolute atomic E-state index is 4.98. The van der Waals surface area contributed by atoms with Gasteiger partial charge in [-0.2, -0.15) is 0 Å². The molecule has 0 aromatic heterocycles. The van der Waals surface area contributed by atoms with Crippen molar-refractivity contribution in [1.29, 1.82) is 0 Å². The minimum absolute atomic E-state index is 0.957. The average Bonchev–Trinajstić information content (AvgIpc) is 2.63. The van der Waals surface area contributed by atoms with Crippen molar-refractivity contribution in [3.05, 3.63) is 0 Å². The molecule has 0 aromatic carbocycles. The summed E-state index contributed by atoms with van der Waals surface area (Å²) >= 11 is 4.98. The first-order valence-electron chi connectivity index (χ1n) is 12.0. The topological polar surface area (TPSA) is 0 Å². The number of unbranched alkanes of at least 4 members (excludes halogenated alkanes) is 21. The Bertz CT molecular complexity index is 192. The van der Waals surface area contributed by atoms with Gasteiger partial charge < -0.3 is 0 Å². The first-order chi connectivity index (χ1) is 12.4. The molecule has 0 saturated carbocycles.